The lowest BCUT2D eigenvalue weighted by Crippen LogP contribution is -2.35. The number of carboxylic acids is 1. The molecule has 6 heteroatoms. The molecule has 20 heavy (non-hydrogen) atoms. The normalized spacial score (nSPS) is 10.6. The molecule has 0 unspecified atom stereocenters. The average Bonchev–Trinajstić information content (AvgIpc) is 2.38. The van der Waals surface area contributed by atoms with E-state index in [1.54, 1.807) is 18.2 Å². The lowest BCUT2D eigenvalue weighted by molar-refractivity contribution is -0.122. The van der Waals surface area contributed by atoms with Gasteiger partial charge in [-0.3, -0.25) is 9.69 Å². The van der Waals surface area contributed by atoms with Crippen LogP contribution in [0.3, 0.4) is 0 Å². The van der Waals surface area contributed by atoms with Crippen molar-refractivity contribution in [2.45, 2.75) is 19.9 Å². The number of halogens is 1. The van der Waals surface area contributed by atoms with Gasteiger partial charge in [-0.15, -0.1) is 0 Å². The van der Waals surface area contributed by atoms with E-state index in [1.165, 1.54) is 0 Å². The number of benzene rings is 1. The molecule has 1 rings (SSSR count). The average molecular weight is 343 g/mol. The van der Waals surface area contributed by atoms with Crippen LogP contribution in [0.15, 0.2) is 22.7 Å². The predicted molar refractivity (Wildman–Crippen MR) is 80.7 cm³/mol. The lowest BCUT2D eigenvalue weighted by Gasteiger charge is -2.17. The van der Waals surface area contributed by atoms with Crippen LogP contribution in [0, 0.1) is 0 Å². The van der Waals surface area contributed by atoms with Crippen molar-refractivity contribution >= 4 is 27.8 Å². The SMILES string of the molecule is CCCNC(=O)CN(C)Cc1ccc(C(=O)O)cc1Br. The highest BCUT2D eigenvalue weighted by molar-refractivity contribution is 9.10. The highest BCUT2D eigenvalue weighted by atomic mass is 79.9. The number of likely N-dealkylation sites (N-methyl/N-ethyl adjacent to an activating group) is 1. The van der Waals surface area contributed by atoms with E-state index < -0.39 is 5.97 Å². The Kier molecular flexibility index (Phi) is 6.67. The molecular weight excluding hydrogens is 324 g/mol. The van der Waals surface area contributed by atoms with E-state index in [1.807, 2.05) is 18.9 Å². The Morgan fingerprint density at radius 2 is 2.10 bits per heavy atom. The van der Waals surface area contributed by atoms with Crippen LogP contribution in [0.25, 0.3) is 0 Å². The van der Waals surface area contributed by atoms with Crippen molar-refractivity contribution in [3.05, 3.63) is 33.8 Å². The lowest BCUT2D eigenvalue weighted by atomic mass is 10.1. The first-order chi connectivity index (χ1) is 9.43. The van der Waals surface area contributed by atoms with Crippen LogP contribution >= 0.6 is 15.9 Å². The largest absolute Gasteiger partial charge is 0.478 e. The number of hydrogen-bond acceptors (Lipinski definition) is 3. The van der Waals surface area contributed by atoms with Crippen LogP contribution in [-0.2, 0) is 11.3 Å². The molecule has 0 bridgehead atoms. The molecule has 0 saturated heterocycles. The van der Waals surface area contributed by atoms with Gasteiger partial charge in [0.05, 0.1) is 12.1 Å². The zero-order valence-electron chi connectivity index (χ0n) is 11.6. The molecule has 0 radical (unpaired) electrons. The molecule has 0 aliphatic rings. The van der Waals surface area contributed by atoms with E-state index in [9.17, 15) is 9.59 Å². The number of rotatable bonds is 7. The molecule has 0 aromatic heterocycles. The molecule has 1 amide bonds. The van der Waals surface area contributed by atoms with E-state index in [0.29, 0.717) is 19.6 Å². The molecular formula is C14H19BrN2O3. The second-order valence-corrected chi connectivity index (χ2v) is 5.49. The van der Waals surface area contributed by atoms with Gasteiger partial charge < -0.3 is 10.4 Å². The van der Waals surface area contributed by atoms with Crippen molar-refractivity contribution in [3.8, 4) is 0 Å². The number of nitrogens with zero attached hydrogens (tertiary/aromatic N) is 1. The minimum atomic E-state index is -0.954. The quantitative estimate of drug-likeness (QED) is 0.796. The summed E-state index contributed by atoms with van der Waals surface area (Å²) in [6.45, 7) is 3.57. The topological polar surface area (TPSA) is 69.6 Å². The summed E-state index contributed by atoms with van der Waals surface area (Å²) in [6, 6.07) is 4.89. The number of nitrogens with one attached hydrogen (secondary N) is 1. The maximum absolute atomic E-state index is 11.6. The van der Waals surface area contributed by atoms with Crippen LogP contribution < -0.4 is 5.32 Å². The summed E-state index contributed by atoms with van der Waals surface area (Å²) in [5, 5.41) is 11.7. The van der Waals surface area contributed by atoms with E-state index in [2.05, 4.69) is 21.2 Å². The number of carbonyl (C=O) groups is 2. The first-order valence-corrected chi connectivity index (χ1v) is 7.20. The summed E-state index contributed by atoms with van der Waals surface area (Å²) in [4.78, 5) is 24.3. The third-order valence-corrected chi connectivity index (χ3v) is 3.46. The number of carbonyl (C=O) groups excluding carboxylic acids is 1. The van der Waals surface area contributed by atoms with Gasteiger partial charge in [0.25, 0.3) is 0 Å². The van der Waals surface area contributed by atoms with E-state index >= 15 is 0 Å². The summed E-state index contributed by atoms with van der Waals surface area (Å²) >= 11 is 3.36. The van der Waals surface area contributed by atoms with Crippen molar-refractivity contribution in [1.82, 2.24) is 10.2 Å². The van der Waals surface area contributed by atoms with Crippen LogP contribution in [0.1, 0.15) is 29.3 Å². The summed E-state index contributed by atoms with van der Waals surface area (Å²) in [5.41, 5.74) is 1.18. The summed E-state index contributed by atoms with van der Waals surface area (Å²) < 4.78 is 0.734. The van der Waals surface area contributed by atoms with Gasteiger partial charge in [0.15, 0.2) is 0 Å². The summed E-state index contributed by atoms with van der Waals surface area (Å²) in [6.07, 6.45) is 0.914. The minimum Gasteiger partial charge on any atom is -0.478 e. The second kappa shape index (κ2) is 8.01. The maximum Gasteiger partial charge on any atom is 0.335 e. The van der Waals surface area contributed by atoms with E-state index in [0.717, 1.165) is 16.5 Å². The minimum absolute atomic E-state index is 0.00683. The molecule has 0 spiro atoms. The molecule has 0 atom stereocenters. The number of carboxylic acid groups (broad SMARTS) is 1. The first-order valence-electron chi connectivity index (χ1n) is 6.41. The van der Waals surface area contributed by atoms with Crippen molar-refractivity contribution in [2.75, 3.05) is 20.1 Å². The third-order valence-electron chi connectivity index (χ3n) is 2.73. The fourth-order valence-corrected chi connectivity index (χ4v) is 2.22. The van der Waals surface area contributed by atoms with Gasteiger partial charge >= 0.3 is 5.97 Å². The molecule has 1 aromatic carbocycles. The Morgan fingerprint density at radius 1 is 1.40 bits per heavy atom. The summed E-state index contributed by atoms with van der Waals surface area (Å²) in [5.74, 6) is -0.961. The standard InChI is InChI=1S/C14H19BrN2O3/c1-3-6-16-13(18)9-17(2)8-11-5-4-10(14(19)20)7-12(11)15/h4-5,7H,3,6,8-9H2,1-2H3,(H,16,18)(H,19,20). The van der Waals surface area contributed by atoms with Gasteiger partial charge in [0.1, 0.15) is 0 Å². The van der Waals surface area contributed by atoms with Crippen LogP contribution in [-0.4, -0.2) is 42.0 Å². The Balaban J connectivity index is 2.59. The Morgan fingerprint density at radius 3 is 2.65 bits per heavy atom. The highest BCUT2D eigenvalue weighted by Gasteiger charge is 2.10. The van der Waals surface area contributed by atoms with Crippen LogP contribution in [0.2, 0.25) is 0 Å². The third kappa shape index (κ3) is 5.30. The molecule has 1 aromatic rings. The van der Waals surface area contributed by atoms with Crippen LogP contribution in [0.5, 0.6) is 0 Å². The molecule has 2 N–H and O–H groups in total. The molecule has 0 fully saturated rings. The molecule has 0 aliphatic heterocycles. The maximum atomic E-state index is 11.6. The zero-order chi connectivity index (χ0) is 15.1. The van der Waals surface area contributed by atoms with E-state index in [-0.39, 0.29) is 11.5 Å². The van der Waals surface area contributed by atoms with Crippen molar-refractivity contribution in [2.24, 2.45) is 0 Å². The second-order valence-electron chi connectivity index (χ2n) is 4.63. The first kappa shape index (κ1) is 16.7. The molecule has 110 valence electrons. The van der Waals surface area contributed by atoms with Crippen molar-refractivity contribution in [3.63, 3.8) is 0 Å². The predicted octanol–water partition coefficient (Wildman–Crippen LogP) is 2.11. The smallest absolute Gasteiger partial charge is 0.335 e. The Bertz CT molecular complexity index is 491. The van der Waals surface area contributed by atoms with Gasteiger partial charge in [-0.05, 0) is 31.2 Å². The van der Waals surface area contributed by atoms with Gasteiger partial charge in [0, 0.05) is 17.6 Å². The molecule has 0 aliphatic carbocycles. The highest BCUT2D eigenvalue weighted by Crippen LogP contribution is 2.20. The summed E-state index contributed by atoms with van der Waals surface area (Å²) in [7, 11) is 1.85. The molecule has 0 heterocycles. The molecule has 5 nitrogen and oxygen atoms in total. The number of hydrogen-bond donors (Lipinski definition) is 2. The molecule has 0 saturated carbocycles. The fourth-order valence-electron chi connectivity index (χ4n) is 1.72. The van der Waals surface area contributed by atoms with Gasteiger partial charge in [0.2, 0.25) is 5.91 Å². The number of aromatic carboxylic acids is 1. The van der Waals surface area contributed by atoms with Gasteiger partial charge in [-0.25, -0.2) is 4.79 Å². The zero-order valence-corrected chi connectivity index (χ0v) is 13.2. The van der Waals surface area contributed by atoms with Crippen LogP contribution in [0.4, 0.5) is 0 Å². The van der Waals surface area contributed by atoms with Crippen molar-refractivity contribution in [1.29, 1.82) is 0 Å². The van der Waals surface area contributed by atoms with Gasteiger partial charge in [-0.2, -0.15) is 0 Å². The Labute approximate surface area is 127 Å². The monoisotopic (exact) mass is 342 g/mol. The Hall–Kier alpha value is -1.40. The fraction of sp³-hybridized carbons (Fsp3) is 0.429. The van der Waals surface area contributed by atoms with E-state index in [4.69, 9.17) is 5.11 Å². The van der Waals surface area contributed by atoms with Gasteiger partial charge in [-0.1, -0.05) is 28.9 Å². The number of amides is 1. The van der Waals surface area contributed by atoms with Crippen molar-refractivity contribution < 1.29 is 14.7 Å².